The van der Waals surface area contributed by atoms with E-state index in [9.17, 15) is 13.2 Å². The Kier molecular flexibility index (Phi) is 6.85. The van der Waals surface area contributed by atoms with E-state index in [-0.39, 0.29) is 30.2 Å². The van der Waals surface area contributed by atoms with E-state index in [2.05, 4.69) is 4.98 Å². The summed E-state index contributed by atoms with van der Waals surface area (Å²) in [6, 6.07) is 13.4. The van der Waals surface area contributed by atoms with Crippen LogP contribution < -0.4 is 4.74 Å². The van der Waals surface area contributed by atoms with Gasteiger partial charge in [0.2, 0.25) is 10.0 Å². The molecule has 10 heteroatoms. The fourth-order valence-corrected chi connectivity index (χ4v) is 5.46. The summed E-state index contributed by atoms with van der Waals surface area (Å²) in [7, 11) is -2.09. The molecule has 0 spiro atoms. The molecule has 0 unspecified atom stereocenters. The zero-order valence-electron chi connectivity index (χ0n) is 17.4. The van der Waals surface area contributed by atoms with Crippen LogP contribution >= 0.6 is 11.3 Å². The minimum absolute atomic E-state index is 0.0141. The number of hydrogen-bond donors (Lipinski definition) is 0. The van der Waals surface area contributed by atoms with Gasteiger partial charge in [0.25, 0.3) is 0 Å². The van der Waals surface area contributed by atoms with Crippen molar-refractivity contribution in [1.29, 1.82) is 0 Å². The predicted octanol–water partition coefficient (Wildman–Crippen LogP) is 3.20. The number of carbonyl (C=O) groups is 1. The summed E-state index contributed by atoms with van der Waals surface area (Å²) in [5.74, 6) is 0.123. The highest BCUT2D eigenvalue weighted by molar-refractivity contribution is 7.89. The van der Waals surface area contributed by atoms with Gasteiger partial charge < -0.3 is 14.2 Å². The molecule has 168 valence electrons. The first kappa shape index (κ1) is 22.4. The van der Waals surface area contributed by atoms with Gasteiger partial charge in [0, 0.05) is 24.0 Å². The van der Waals surface area contributed by atoms with Gasteiger partial charge in [0.1, 0.15) is 17.4 Å². The number of thiazole rings is 1. The number of ether oxygens (including phenoxy) is 3. The predicted molar refractivity (Wildman–Crippen MR) is 119 cm³/mol. The molecule has 0 radical (unpaired) electrons. The average molecular weight is 475 g/mol. The molecule has 1 aliphatic heterocycles. The minimum Gasteiger partial charge on any atom is -0.497 e. The number of morpholine rings is 1. The minimum atomic E-state index is -3.69. The van der Waals surface area contributed by atoms with Gasteiger partial charge in [0.15, 0.2) is 0 Å². The number of carbonyl (C=O) groups excluding carboxylic acids is 1. The fourth-order valence-electron chi connectivity index (χ4n) is 3.20. The van der Waals surface area contributed by atoms with Gasteiger partial charge in [-0.3, -0.25) is 0 Å². The third kappa shape index (κ3) is 4.99. The lowest BCUT2D eigenvalue weighted by molar-refractivity contribution is 0.0468. The van der Waals surface area contributed by atoms with Crippen molar-refractivity contribution in [2.24, 2.45) is 0 Å². The van der Waals surface area contributed by atoms with Crippen LogP contribution in [0.25, 0.3) is 10.6 Å². The van der Waals surface area contributed by atoms with Gasteiger partial charge in [-0.1, -0.05) is 18.2 Å². The van der Waals surface area contributed by atoms with Crippen molar-refractivity contribution in [2.75, 3.05) is 33.4 Å². The van der Waals surface area contributed by atoms with Crippen LogP contribution in [0.2, 0.25) is 0 Å². The van der Waals surface area contributed by atoms with E-state index in [1.807, 2.05) is 29.6 Å². The molecule has 2 aromatic carbocycles. The van der Waals surface area contributed by atoms with Crippen LogP contribution in [0.1, 0.15) is 16.1 Å². The van der Waals surface area contributed by atoms with Crippen molar-refractivity contribution < 1.29 is 27.4 Å². The topological polar surface area (TPSA) is 95.0 Å². The van der Waals surface area contributed by atoms with E-state index in [4.69, 9.17) is 14.2 Å². The number of nitrogens with zero attached hydrogens (tertiary/aromatic N) is 2. The Morgan fingerprint density at radius 3 is 2.72 bits per heavy atom. The van der Waals surface area contributed by atoms with Gasteiger partial charge in [-0.15, -0.1) is 11.3 Å². The molecule has 1 saturated heterocycles. The Morgan fingerprint density at radius 1 is 1.16 bits per heavy atom. The van der Waals surface area contributed by atoms with Crippen LogP contribution in [0, 0.1) is 0 Å². The van der Waals surface area contributed by atoms with Gasteiger partial charge in [-0.05, 0) is 30.3 Å². The van der Waals surface area contributed by atoms with Gasteiger partial charge in [-0.25, -0.2) is 18.2 Å². The Balaban J connectivity index is 1.43. The van der Waals surface area contributed by atoms with Crippen molar-refractivity contribution in [2.45, 2.75) is 11.5 Å². The monoisotopic (exact) mass is 474 g/mol. The summed E-state index contributed by atoms with van der Waals surface area (Å²) in [5.41, 5.74) is 1.69. The molecule has 3 aromatic rings. The Morgan fingerprint density at radius 2 is 1.94 bits per heavy atom. The standard InChI is InChI=1S/C22H22N2O6S2/c1-28-19-6-2-4-16(12-19)21-23-18(15-31-21)14-30-22(25)17-5-3-7-20(13-17)32(26,27)24-8-10-29-11-9-24/h2-7,12-13,15H,8-11,14H2,1H3. The first-order chi connectivity index (χ1) is 15.5. The van der Waals surface area contributed by atoms with Gasteiger partial charge >= 0.3 is 5.97 Å². The molecule has 1 aliphatic rings. The van der Waals surface area contributed by atoms with E-state index in [0.717, 1.165) is 16.3 Å². The fraction of sp³-hybridized carbons (Fsp3) is 0.273. The lowest BCUT2D eigenvalue weighted by Crippen LogP contribution is -2.40. The molecular weight excluding hydrogens is 452 g/mol. The zero-order valence-corrected chi connectivity index (χ0v) is 19.0. The summed E-state index contributed by atoms with van der Waals surface area (Å²) < 4.78 is 42.8. The van der Waals surface area contributed by atoms with Crippen LogP contribution in [0.3, 0.4) is 0 Å². The second-order valence-corrected chi connectivity index (χ2v) is 9.79. The Hall–Kier alpha value is -2.79. The largest absolute Gasteiger partial charge is 0.497 e. The van der Waals surface area contributed by atoms with Crippen molar-refractivity contribution >= 4 is 27.3 Å². The maximum atomic E-state index is 12.8. The number of rotatable bonds is 7. The van der Waals surface area contributed by atoms with Crippen LogP contribution in [0.4, 0.5) is 0 Å². The van der Waals surface area contributed by atoms with E-state index in [0.29, 0.717) is 18.9 Å². The second kappa shape index (κ2) is 9.78. The normalized spacial score (nSPS) is 14.8. The highest BCUT2D eigenvalue weighted by atomic mass is 32.2. The molecule has 0 N–H and O–H groups in total. The molecule has 0 bridgehead atoms. The number of sulfonamides is 1. The quantitative estimate of drug-likeness (QED) is 0.485. The highest BCUT2D eigenvalue weighted by Gasteiger charge is 2.27. The molecule has 2 heterocycles. The van der Waals surface area contributed by atoms with Crippen LogP contribution in [-0.2, 0) is 26.1 Å². The molecule has 0 atom stereocenters. The van der Waals surface area contributed by atoms with E-state index in [1.165, 1.54) is 39.9 Å². The molecule has 0 aliphatic carbocycles. The maximum absolute atomic E-state index is 12.8. The lowest BCUT2D eigenvalue weighted by atomic mass is 10.2. The molecule has 8 nitrogen and oxygen atoms in total. The maximum Gasteiger partial charge on any atom is 0.338 e. The van der Waals surface area contributed by atoms with E-state index in [1.54, 1.807) is 7.11 Å². The van der Waals surface area contributed by atoms with Crippen molar-refractivity contribution in [3.63, 3.8) is 0 Å². The van der Waals surface area contributed by atoms with Crippen molar-refractivity contribution in [3.8, 4) is 16.3 Å². The molecule has 0 saturated carbocycles. The van der Waals surface area contributed by atoms with Crippen LogP contribution in [-0.4, -0.2) is 57.1 Å². The number of methoxy groups -OCH3 is 1. The molecule has 1 aromatic heterocycles. The second-order valence-electron chi connectivity index (χ2n) is 7.00. The number of aromatic nitrogens is 1. The number of hydrogen-bond acceptors (Lipinski definition) is 8. The SMILES string of the molecule is COc1cccc(-c2nc(COC(=O)c3cccc(S(=O)(=O)N4CCOCC4)c3)cs2)c1. The molecule has 0 amide bonds. The summed E-state index contributed by atoms with van der Waals surface area (Å²) in [6.07, 6.45) is 0. The smallest absolute Gasteiger partial charge is 0.338 e. The Labute approximate surface area is 190 Å². The van der Waals surface area contributed by atoms with Crippen LogP contribution in [0.5, 0.6) is 5.75 Å². The Bertz CT molecular complexity index is 1200. The third-order valence-electron chi connectivity index (χ3n) is 4.90. The van der Waals surface area contributed by atoms with E-state index < -0.39 is 16.0 Å². The number of benzene rings is 2. The first-order valence-electron chi connectivity index (χ1n) is 9.91. The number of esters is 1. The lowest BCUT2D eigenvalue weighted by Gasteiger charge is -2.26. The zero-order chi connectivity index (χ0) is 22.6. The molecule has 4 rings (SSSR count). The molecular formula is C22H22N2O6S2. The molecule has 32 heavy (non-hydrogen) atoms. The highest BCUT2D eigenvalue weighted by Crippen LogP contribution is 2.27. The van der Waals surface area contributed by atoms with Gasteiger partial charge in [-0.2, -0.15) is 4.31 Å². The van der Waals surface area contributed by atoms with Gasteiger partial charge in [0.05, 0.1) is 36.5 Å². The van der Waals surface area contributed by atoms with Crippen molar-refractivity contribution in [3.05, 3.63) is 65.2 Å². The van der Waals surface area contributed by atoms with E-state index >= 15 is 0 Å². The summed E-state index contributed by atoms with van der Waals surface area (Å²) in [6.45, 7) is 1.27. The average Bonchev–Trinajstić information content (AvgIpc) is 3.32. The third-order valence-corrected chi connectivity index (χ3v) is 7.73. The van der Waals surface area contributed by atoms with Crippen LogP contribution in [0.15, 0.2) is 58.8 Å². The summed E-state index contributed by atoms with van der Waals surface area (Å²) >= 11 is 1.44. The molecule has 1 fully saturated rings. The summed E-state index contributed by atoms with van der Waals surface area (Å²) in [5, 5.41) is 2.61. The van der Waals surface area contributed by atoms with Crippen molar-refractivity contribution in [1.82, 2.24) is 9.29 Å². The first-order valence-corrected chi connectivity index (χ1v) is 12.2. The summed E-state index contributed by atoms with van der Waals surface area (Å²) in [4.78, 5) is 17.1.